The van der Waals surface area contributed by atoms with Crippen LogP contribution in [0, 0.1) is 6.92 Å². The van der Waals surface area contributed by atoms with Gasteiger partial charge in [-0.3, -0.25) is 0 Å². The van der Waals surface area contributed by atoms with Crippen molar-refractivity contribution in [3.8, 4) is 5.75 Å². The number of ether oxygens (including phenoxy) is 1. The molecule has 0 saturated heterocycles. The second-order valence-corrected chi connectivity index (χ2v) is 7.21. The lowest BCUT2D eigenvalue weighted by Crippen LogP contribution is -2.42. The molecular formula is C19H29N5O2S. The molecule has 0 radical (unpaired) electrons. The highest BCUT2D eigenvalue weighted by Gasteiger charge is 2.08. The van der Waals surface area contributed by atoms with E-state index in [1.54, 1.807) is 11.3 Å². The van der Waals surface area contributed by atoms with Crippen molar-refractivity contribution in [1.29, 1.82) is 0 Å². The fourth-order valence-corrected chi connectivity index (χ4v) is 3.00. The minimum atomic E-state index is -0.644. The third-order valence-corrected chi connectivity index (χ3v) is 4.66. The van der Waals surface area contributed by atoms with Gasteiger partial charge in [-0.15, -0.1) is 11.3 Å². The first-order valence-corrected chi connectivity index (χ1v) is 9.87. The molecule has 1 aromatic heterocycles. The number of hydrogen-bond acceptors (Lipinski definition) is 6. The number of thiazole rings is 1. The summed E-state index contributed by atoms with van der Waals surface area (Å²) in [5.41, 5.74) is 2.05. The van der Waals surface area contributed by atoms with Crippen LogP contribution < -0.4 is 20.3 Å². The Balaban J connectivity index is 1.81. The van der Waals surface area contributed by atoms with Crippen molar-refractivity contribution in [2.24, 2.45) is 4.99 Å². The van der Waals surface area contributed by atoms with E-state index in [-0.39, 0.29) is 6.61 Å². The molecule has 0 aliphatic rings. The van der Waals surface area contributed by atoms with E-state index in [0.29, 0.717) is 19.0 Å². The van der Waals surface area contributed by atoms with Gasteiger partial charge in [0.2, 0.25) is 0 Å². The summed E-state index contributed by atoms with van der Waals surface area (Å²) in [5, 5.41) is 19.4. The Morgan fingerprint density at radius 3 is 2.85 bits per heavy atom. The predicted octanol–water partition coefficient (Wildman–Crippen LogP) is 2.01. The average molecular weight is 392 g/mol. The molecule has 0 bridgehead atoms. The number of aromatic nitrogens is 1. The van der Waals surface area contributed by atoms with Crippen LogP contribution in [0.25, 0.3) is 0 Å². The van der Waals surface area contributed by atoms with Crippen LogP contribution in [0.15, 0.2) is 34.6 Å². The maximum Gasteiger partial charge on any atom is 0.191 e. The van der Waals surface area contributed by atoms with Crippen molar-refractivity contribution < 1.29 is 9.84 Å². The summed E-state index contributed by atoms with van der Waals surface area (Å²) in [6.07, 6.45) is -0.644. The van der Waals surface area contributed by atoms with Gasteiger partial charge in [0.25, 0.3) is 0 Å². The molecule has 3 N–H and O–H groups in total. The van der Waals surface area contributed by atoms with Gasteiger partial charge in [-0.2, -0.15) is 0 Å². The van der Waals surface area contributed by atoms with Gasteiger partial charge in [-0.25, -0.2) is 9.98 Å². The van der Waals surface area contributed by atoms with E-state index in [1.165, 1.54) is 0 Å². The number of aryl methyl sites for hydroxylation is 1. The summed E-state index contributed by atoms with van der Waals surface area (Å²) in [4.78, 5) is 11.0. The second-order valence-electron chi connectivity index (χ2n) is 6.37. The molecule has 0 aliphatic carbocycles. The quantitative estimate of drug-likeness (QED) is 0.448. The molecule has 7 nitrogen and oxygen atoms in total. The van der Waals surface area contributed by atoms with E-state index >= 15 is 0 Å². The fraction of sp³-hybridized carbons (Fsp3) is 0.474. The summed E-state index contributed by atoms with van der Waals surface area (Å²) in [7, 11) is 3.94. The van der Waals surface area contributed by atoms with Crippen molar-refractivity contribution >= 4 is 22.4 Å². The monoisotopic (exact) mass is 391 g/mol. The van der Waals surface area contributed by atoms with Crippen molar-refractivity contribution in [3.05, 3.63) is 40.9 Å². The first-order chi connectivity index (χ1) is 13.0. The van der Waals surface area contributed by atoms with Gasteiger partial charge >= 0.3 is 0 Å². The smallest absolute Gasteiger partial charge is 0.191 e. The van der Waals surface area contributed by atoms with E-state index in [1.807, 2.05) is 62.5 Å². The van der Waals surface area contributed by atoms with E-state index in [2.05, 4.69) is 20.6 Å². The molecule has 2 aromatic rings. The minimum Gasteiger partial charge on any atom is -0.491 e. The summed E-state index contributed by atoms with van der Waals surface area (Å²) in [6.45, 7) is 5.79. The SMILES string of the molecule is CCNC(=NCc1csc(N(C)C)n1)NCC(O)COc1cccc(C)c1. The Bertz CT molecular complexity index is 732. The largest absolute Gasteiger partial charge is 0.491 e. The third-order valence-electron chi connectivity index (χ3n) is 3.60. The van der Waals surface area contributed by atoms with Crippen molar-refractivity contribution in [2.75, 3.05) is 38.7 Å². The van der Waals surface area contributed by atoms with Crippen LogP contribution in [0.1, 0.15) is 18.2 Å². The highest BCUT2D eigenvalue weighted by molar-refractivity contribution is 7.13. The molecule has 0 amide bonds. The van der Waals surface area contributed by atoms with E-state index in [4.69, 9.17) is 4.74 Å². The zero-order valence-corrected chi connectivity index (χ0v) is 17.2. The van der Waals surface area contributed by atoms with Gasteiger partial charge in [0, 0.05) is 32.6 Å². The highest BCUT2D eigenvalue weighted by atomic mass is 32.1. The number of aliphatic hydroxyl groups is 1. The maximum atomic E-state index is 10.2. The van der Waals surface area contributed by atoms with Crippen molar-refractivity contribution in [3.63, 3.8) is 0 Å². The number of benzene rings is 1. The Morgan fingerprint density at radius 2 is 2.19 bits per heavy atom. The number of nitrogens with one attached hydrogen (secondary N) is 2. The number of guanidine groups is 1. The molecule has 0 spiro atoms. The number of rotatable bonds is 9. The van der Waals surface area contributed by atoms with Gasteiger partial charge in [-0.1, -0.05) is 12.1 Å². The van der Waals surface area contributed by atoms with Gasteiger partial charge in [0.1, 0.15) is 18.5 Å². The zero-order chi connectivity index (χ0) is 19.6. The third kappa shape index (κ3) is 7.44. The zero-order valence-electron chi connectivity index (χ0n) is 16.4. The van der Waals surface area contributed by atoms with Gasteiger partial charge < -0.3 is 25.4 Å². The Hall–Kier alpha value is -2.32. The molecule has 0 saturated carbocycles. The van der Waals surface area contributed by atoms with E-state index in [0.717, 1.165) is 28.7 Å². The Labute approximate surface area is 165 Å². The van der Waals surface area contributed by atoms with E-state index < -0.39 is 6.10 Å². The predicted molar refractivity (Wildman–Crippen MR) is 112 cm³/mol. The number of hydrogen-bond donors (Lipinski definition) is 3. The number of nitrogens with zero attached hydrogens (tertiary/aromatic N) is 3. The molecule has 1 aromatic carbocycles. The molecule has 1 unspecified atom stereocenters. The molecular weight excluding hydrogens is 362 g/mol. The molecule has 1 atom stereocenters. The molecule has 0 aliphatic heterocycles. The first-order valence-electron chi connectivity index (χ1n) is 8.99. The lowest BCUT2D eigenvalue weighted by Gasteiger charge is -2.16. The van der Waals surface area contributed by atoms with Crippen LogP contribution in [0.4, 0.5) is 5.13 Å². The van der Waals surface area contributed by atoms with Crippen LogP contribution in [-0.2, 0) is 6.54 Å². The van der Waals surface area contributed by atoms with Crippen molar-refractivity contribution in [2.45, 2.75) is 26.5 Å². The van der Waals surface area contributed by atoms with Crippen LogP contribution >= 0.6 is 11.3 Å². The van der Waals surface area contributed by atoms with Gasteiger partial charge in [0.15, 0.2) is 11.1 Å². The van der Waals surface area contributed by atoms with Crippen LogP contribution in [0.2, 0.25) is 0 Å². The normalized spacial score (nSPS) is 12.6. The van der Waals surface area contributed by atoms with Crippen molar-refractivity contribution in [1.82, 2.24) is 15.6 Å². The summed E-state index contributed by atoms with van der Waals surface area (Å²) in [5.74, 6) is 1.40. The summed E-state index contributed by atoms with van der Waals surface area (Å²) in [6, 6.07) is 7.77. The number of aliphatic imine (C=N–C) groups is 1. The average Bonchev–Trinajstić information content (AvgIpc) is 3.12. The Kier molecular flexibility index (Phi) is 8.35. The minimum absolute atomic E-state index is 0.216. The summed E-state index contributed by atoms with van der Waals surface area (Å²) < 4.78 is 5.63. The molecule has 2 rings (SSSR count). The Morgan fingerprint density at radius 1 is 1.37 bits per heavy atom. The number of aliphatic hydroxyl groups excluding tert-OH is 1. The molecule has 27 heavy (non-hydrogen) atoms. The topological polar surface area (TPSA) is 82.0 Å². The van der Waals surface area contributed by atoms with Gasteiger partial charge in [-0.05, 0) is 31.5 Å². The number of anilines is 1. The van der Waals surface area contributed by atoms with Crippen LogP contribution in [0.5, 0.6) is 5.75 Å². The van der Waals surface area contributed by atoms with Crippen LogP contribution in [0.3, 0.4) is 0 Å². The lowest BCUT2D eigenvalue weighted by atomic mass is 10.2. The lowest BCUT2D eigenvalue weighted by molar-refractivity contribution is 0.110. The van der Waals surface area contributed by atoms with E-state index in [9.17, 15) is 5.11 Å². The first kappa shape index (κ1) is 21.0. The molecule has 0 fully saturated rings. The maximum absolute atomic E-state index is 10.2. The molecule has 8 heteroatoms. The second kappa shape index (κ2) is 10.7. The van der Waals surface area contributed by atoms with Crippen LogP contribution in [-0.4, -0.2) is 55.9 Å². The van der Waals surface area contributed by atoms with Gasteiger partial charge in [0.05, 0.1) is 12.2 Å². The molecule has 148 valence electrons. The summed E-state index contributed by atoms with van der Waals surface area (Å²) >= 11 is 1.59. The highest BCUT2D eigenvalue weighted by Crippen LogP contribution is 2.18. The fourth-order valence-electron chi connectivity index (χ4n) is 2.25. The molecule has 1 heterocycles. The standard InChI is InChI=1S/C19H29N5O2S/c1-5-20-18(21-10-15-13-27-19(23-15)24(3)4)22-11-16(25)12-26-17-8-6-7-14(2)9-17/h6-9,13,16,25H,5,10-12H2,1-4H3,(H2,20,21,22).